The van der Waals surface area contributed by atoms with Crippen LogP contribution in [0.25, 0.3) is 33.7 Å². The molecule has 0 aliphatic heterocycles. The number of fused-ring (bicyclic) bond motifs is 1. The minimum Gasteiger partial charge on any atom is -0.436 e. The molecule has 0 atom stereocenters. The van der Waals surface area contributed by atoms with Gasteiger partial charge < -0.3 is 9.73 Å². The van der Waals surface area contributed by atoms with Gasteiger partial charge in [0.1, 0.15) is 5.52 Å². The topological polar surface area (TPSA) is 38.1 Å². The molecule has 118 valence electrons. The van der Waals surface area contributed by atoms with E-state index < -0.39 is 0 Å². The van der Waals surface area contributed by atoms with Crippen LogP contribution in [-0.2, 0) is 0 Å². The second-order valence-corrected chi connectivity index (χ2v) is 5.68. The van der Waals surface area contributed by atoms with Crippen LogP contribution in [0, 0.1) is 0 Å². The van der Waals surface area contributed by atoms with Gasteiger partial charge in [-0.2, -0.15) is 0 Å². The Morgan fingerprint density at radius 2 is 1.54 bits per heavy atom. The van der Waals surface area contributed by atoms with Crippen molar-refractivity contribution in [3.05, 3.63) is 72.8 Å². The summed E-state index contributed by atoms with van der Waals surface area (Å²) in [6, 6.07) is 24.6. The Hall–Kier alpha value is -3.07. The molecule has 0 fully saturated rings. The number of aromatic nitrogens is 1. The summed E-state index contributed by atoms with van der Waals surface area (Å²) >= 11 is 0. The van der Waals surface area contributed by atoms with Crippen molar-refractivity contribution in [2.24, 2.45) is 0 Å². The molecule has 1 heterocycles. The third-order valence-electron chi connectivity index (χ3n) is 4.01. The molecule has 0 unspecified atom stereocenters. The summed E-state index contributed by atoms with van der Waals surface area (Å²) in [6.07, 6.45) is 0. The van der Waals surface area contributed by atoms with Gasteiger partial charge in [-0.05, 0) is 42.3 Å². The van der Waals surface area contributed by atoms with E-state index in [-0.39, 0.29) is 0 Å². The molecule has 3 aromatic carbocycles. The van der Waals surface area contributed by atoms with Crippen molar-refractivity contribution in [1.82, 2.24) is 4.98 Å². The van der Waals surface area contributed by atoms with Crippen molar-refractivity contribution < 1.29 is 4.42 Å². The standard InChI is InChI=1S/C21H18N2O/c1-2-22-18-12-13-19-20(14-18)24-21(23-19)17-10-8-16(9-11-17)15-6-4-3-5-7-15/h3-14,22H,2H2,1H3. The molecule has 4 aromatic rings. The van der Waals surface area contributed by atoms with Crippen LogP contribution in [0.15, 0.2) is 77.2 Å². The van der Waals surface area contributed by atoms with Crippen LogP contribution in [0.3, 0.4) is 0 Å². The highest BCUT2D eigenvalue weighted by atomic mass is 16.3. The Morgan fingerprint density at radius 3 is 2.29 bits per heavy atom. The van der Waals surface area contributed by atoms with Crippen molar-refractivity contribution in [1.29, 1.82) is 0 Å². The monoisotopic (exact) mass is 314 g/mol. The maximum atomic E-state index is 5.94. The van der Waals surface area contributed by atoms with Gasteiger partial charge in [0, 0.05) is 23.9 Å². The molecule has 0 radical (unpaired) electrons. The van der Waals surface area contributed by atoms with Gasteiger partial charge in [0.25, 0.3) is 0 Å². The van der Waals surface area contributed by atoms with Crippen LogP contribution in [-0.4, -0.2) is 11.5 Å². The average Bonchev–Trinajstić information content (AvgIpc) is 3.06. The molecule has 3 heteroatoms. The lowest BCUT2D eigenvalue weighted by atomic mass is 10.0. The molecule has 0 saturated carbocycles. The van der Waals surface area contributed by atoms with E-state index in [1.165, 1.54) is 11.1 Å². The zero-order valence-electron chi connectivity index (χ0n) is 13.5. The van der Waals surface area contributed by atoms with Crippen LogP contribution >= 0.6 is 0 Å². The minimum absolute atomic E-state index is 0.651. The first kappa shape index (κ1) is 14.5. The zero-order chi connectivity index (χ0) is 16.4. The number of hydrogen-bond donors (Lipinski definition) is 1. The van der Waals surface area contributed by atoms with Crippen molar-refractivity contribution in [3.63, 3.8) is 0 Å². The minimum atomic E-state index is 0.651. The number of benzene rings is 3. The van der Waals surface area contributed by atoms with E-state index in [1.807, 2.05) is 36.4 Å². The Kier molecular flexibility index (Phi) is 3.75. The largest absolute Gasteiger partial charge is 0.436 e. The van der Waals surface area contributed by atoms with E-state index >= 15 is 0 Å². The number of hydrogen-bond acceptors (Lipinski definition) is 3. The van der Waals surface area contributed by atoms with Crippen LogP contribution in [0.5, 0.6) is 0 Å². The fraction of sp³-hybridized carbons (Fsp3) is 0.0952. The maximum Gasteiger partial charge on any atom is 0.227 e. The normalized spacial score (nSPS) is 10.9. The quantitative estimate of drug-likeness (QED) is 0.533. The van der Waals surface area contributed by atoms with E-state index in [0.717, 1.165) is 28.9 Å². The smallest absolute Gasteiger partial charge is 0.227 e. The molecule has 4 rings (SSSR count). The predicted octanol–water partition coefficient (Wildman–Crippen LogP) is 5.59. The highest BCUT2D eigenvalue weighted by Crippen LogP contribution is 2.28. The first-order valence-electron chi connectivity index (χ1n) is 8.14. The van der Waals surface area contributed by atoms with Crippen molar-refractivity contribution in [2.45, 2.75) is 6.92 Å². The molecule has 0 saturated heterocycles. The highest BCUT2D eigenvalue weighted by molar-refractivity contribution is 5.80. The Labute approximate surface area is 141 Å². The molecule has 24 heavy (non-hydrogen) atoms. The SMILES string of the molecule is CCNc1ccc2nc(-c3ccc(-c4ccccc4)cc3)oc2c1. The van der Waals surface area contributed by atoms with Crippen molar-refractivity contribution >= 4 is 16.8 Å². The van der Waals surface area contributed by atoms with Crippen LogP contribution in [0.1, 0.15) is 6.92 Å². The molecule has 3 nitrogen and oxygen atoms in total. The highest BCUT2D eigenvalue weighted by Gasteiger charge is 2.09. The number of oxazole rings is 1. The first-order valence-corrected chi connectivity index (χ1v) is 8.14. The maximum absolute atomic E-state index is 5.94. The molecule has 0 aliphatic carbocycles. The number of nitrogens with zero attached hydrogens (tertiary/aromatic N) is 1. The lowest BCUT2D eigenvalue weighted by Gasteiger charge is -2.02. The summed E-state index contributed by atoms with van der Waals surface area (Å²) < 4.78 is 5.94. The third kappa shape index (κ3) is 2.76. The lowest BCUT2D eigenvalue weighted by Crippen LogP contribution is -1.95. The number of nitrogens with one attached hydrogen (secondary N) is 1. The van der Waals surface area contributed by atoms with Gasteiger partial charge in [-0.15, -0.1) is 0 Å². The molecular formula is C21H18N2O. The van der Waals surface area contributed by atoms with E-state index in [9.17, 15) is 0 Å². The van der Waals surface area contributed by atoms with Gasteiger partial charge in [-0.1, -0.05) is 42.5 Å². The number of rotatable bonds is 4. The summed E-state index contributed by atoms with van der Waals surface area (Å²) in [7, 11) is 0. The van der Waals surface area contributed by atoms with E-state index in [1.54, 1.807) is 0 Å². The lowest BCUT2D eigenvalue weighted by molar-refractivity contribution is 0.620. The van der Waals surface area contributed by atoms with E-state index in [2.05, 4.69) is 53.6 Å². The molecule has 0 bridgehead atoms. The summed E-state index contributed by atoms with van der Waals surface area (Å²) in [5.41, 5.74) is 6.10. The summed E-state index contributed by atoms with van der Waals surface area (Å²) in [4.78, 5) is 4.59. The summed E-state index contributed by atoms with van der Waals surface area (Å²) in [5, 5.41) is 3.29. The van der Waals surface area contributed by atoms with Gasteiger partial charge in [0.05, 0.1) is 0 Å². The van der Waals surface area contributed by atoms with Crippen LogP contribution in [0.4, 0.5) is 5.69 Å². The molecule has 1 N–H and O–H groups in total. The van der Waals surface area contributed by atoms with Gasteiger partial charge >= 0.3 is 0 Å². The fourth-order valence-electron chi connectivity index (χ4n) is 2.80. The van der Waals surface area contributed by atoms with Crippen molar-refractivity contribution in [2.75, 3.05) is 11.9 Å². The summed E-state index contributed by atoms with van der Waals surface area (Å²) in [5.74, 6) is 0.651. The molecule has 0 amide bonds. The van der Waals surface area contributed by atoms with Crippen LogP contribution in [0.2, 0.25) is 0 Å². The van der Waals surface area contributed by atoms with E-state index in [0.29, 0.717) is 5.89 Å². The fourth-order valence-corrected chi connectivity index (χ4v) is 2.80. The Morgan fingerprint density at radius 1 is 0.833 bits per heavy atom. The van der Waals surface area contributed by atoms with Gasteiger partial charge in [0.15, 0.2) is 5.58 Å². The second kappa shape index (κ2) is 6.20. The summed E-state index contributed by atoms with van der Waals surface area (Å²) in [6.45, 7) is 2.96. The second-order valence-electron chi connectivity index (χ2n) is 5.68. The van der Waals surface area contributed by atoms with Gasteiger partial charge in [-0.25, -0.2) is 4.98 Å². The van der Waals surface area contributed by atoms with Crippen molar-refractivity contribution in [3.8, 4) is 22.6 Å². The first-order chi connectivity index (χ1) is 11.8. The molecule has 1 aromatic heterocycles. The average molecular weight is 314 g/mol. The Bertz CT molecular complexity index is 956. The molecule has 0 spiro atoms. The third-order valence-corrected chi connectivity index (χ3v) is 4.01. The molecule has 0 aliphatic rings. The Balaban J connectivity index is 1.67. The zero-order valence-corrected chi connectivity index (χ0v) is 13.5. The van der Waals surface area contributed by atoms with Crippen LogP contribution < -0.4 is 5.32 Å². The van der Waals surface area contributed by atoms with E-state index in [4.69, 9.17) is 4.42 Å². The molecular weight excluding hydrogens is 296 g/mol. The van der Waals surface area contributed by atoms with Gasteiger partial charge in [0.2, 0.25) is 5.89 Å². The van der Waals surface area contributed by atoms with Gasteiger partial charge in [-0.3, -0.25) is 0 Å². The number of anilines is 1. The predicted molar refractivity (Wildman–Crippen MR) is 99.0 cm³/mol.